The van der Waals surface area contributed by atoms with Crippen LogP contribution < -0.4 is 5.32 Å². The largest absolute Gasteiger partial charge is 0.360 e. The van der Waals surface area contributed by atoms with Gasteiger partial charge in [0.05, 0.1) is 12.2 Å². The minimum absolute atomic E-state index is 0.424. The Morgan fingerprint density at radius 3 is 2.94 bits per heavy atom. The molecule has 90 valence electrons. The summed E-state index contributed by atoms with van der Waals surface area (Å²) in [6.45, 7) is 7.58. The highest BCUT2D eigenvalue weighted by molar-refractivity contribution is 5.05. The molecule has 1 heterocycles. The highest BCUT2D eigenvalue weighted by Gasteiger charge is 2.33. The van der Waals surface area contributed by atoms with E-state index in [-0.39, 0.29) is 0 Å². The number of aryl methyl sites for hydroxylation is 1. The van der Waals surface area contributed by atoms with Crippen molar-refractivity contribution in [1.82, 2.24) is 10.5 Å². The predicted octanol–water partition coefficient (Wildman–Crippen LogP) is 2.91. The number of hydrogen-bond donors (Lipinski definition) is 1. The lowest BCUT2D eigenvalue weighted by Crippen LogP contribution is -2.37. The van der Waals surface area contributed by atoms with Gasteiger partial charge in [0.2, 0.25) is 0 Å². The van der Waals surface area contributed by atoms with Gasteiger partial charge in [0, 0.05) is 12.1 Å². The summed E-state index contributed by atoms with van der Waals surface area (Å²) >= 11 is 0. The first-order chi connectivity index (χ1) is 7.62. The summed E-state index contributed by atoms with van der Waals surface area (Å²) in [6.07, 6.45) is 4.88. The second-order valence-electron chi connectivity index (χ2n) is 5.45. The van der Waals surface area contributed by atoms with Gasteiger partial charge in [-0.2, -0.15) is 0 Å². The van der Waals surface area contributed by atoms with Gasteiger partial charge in [-0.25, -0.2) is 0 Å². The maximum absolute atomic E-state index is 5.27. The zero-order valence-corrected chi connectivity index (χ0v) is 10.5. The van der Waals surface area contributed by atoms with Gasteiger partial charge in [-0.15, -0.1) is 0 Å². The van der Waals surface area contributed by atoms with Gasteiger partial charge >= 0.3 is 0 Å². The SMILES string of the molecule is CCc1cc(CNC2CCCC2(C)C)on1. The van der Waals surface area contributed by atoms with Crippen LogP contribution in [0.5, 0.6) is 0 Å². The summed E-state index contributed by atoms with van der Waals surface area (Å²) in [7, 11) is 0. The van der Waals surface area contributed by atoms with E-state index >= 15 is 0 Å². The van der Waals surface area contributed by atoms with Crippen LogP contribution in [0.4, 0.5) is 0 Å². The summed E-state index contributed by atoms with van der Waals surface area (Å²) in [5.74, 6) is 0.958. The lowest BCUT2D eigenvalue weighted by Gasteiger charge is -2.27. The molecule has 0 aliphatic heterocycles. The van der Waals surface area contributed by atoms with E-state index in [9.17, 15) is 0 Å². The summed E-state index contributed by atoms with van der Waals surface area (Å²) < 4.78 is 5.27. The molecule has 1 fully saturated rings. The van der Waals surface area contributed by atoms with Gasteiger partial charge in [0.15, 0.2) is 5.76 Å². The Hall–Kier alpha value is -0.830. The van der Waals surface area contributed by atoms with E-state index in [0.717, 1.165) is 24.4 Å². The van der Waals surface area contributed by atoms with Gasteiger partial charge in [0.25, 0.3) is 0 Å². The van der Waals surface area contributed by atoms with Crippen molar-refractivity contribution in [2.45, 2.75) is 59.0 Å². The molecule has 3 nitrogen and oxygen atoms in total. The third-order valence-electron chi connectivity index (χ3n) is 3.75. The highest BCUT2D eigenvalue weighted by atomic mass is 16.5. The van der Waals surface area contributed by atoms with Gasteiger partial charge in [-0.3, -0.25) is 0 Å². The molecule has 16 heavy (non-hydrogen) atoms. The van der Waals surface area contributed by atoms with E-state index in [2.05, 4.69) is 37.3 Å². The minimum atomic E-state index is 0.424. The molecule has 0 bridgehead atoms. The number of aromatic nitrogens is 1. The van der Waals surface area contributed by atoms with Crippen LogP contribution in [0, 0.1) is 5.41 Å². The molecule has 1 aliphatic rings. The van der Waals surface area contributed by atoms with E-state index in [1.807, 2.05) is 0 Å². The van der Waals surface area contributed by atoms with Crippen LogP contribution >= 0.6 is 0 Å². The topological polar surface area (TPSA) is 38.1 Å². The highest BCUT2D eigenvalue weighted by Crippen LogP contribution is 2.37. The van der Waals surface area contributed by atoms with Crippen LogP contribution in [0.25, 0.3) is 0 Å². The van der Waals surface area contributed by atoms with Crippen molar-refractivity contribution in [1.29, 1.82) is 0 Å². The molecule has 0 radical (unpaired) electrons. The molecular formula is C13H22N2O. The van der Waals surface area contributed by atoms with Crippen LogP contribution in [0.2, 0.25) is 0 Å². The summed E-state index contributed by atoms with van der Waals surface area (Å²) in [6, 6.07) is 2.66. The normalized spacial score (nSPS) is 23.8. The summed E-state index contributed by atoms with van der Waals surface area (Å²) in [5.41, 5.74) is 1.47. The molecule has 2 rings (SSSR count). The number of rotatable bonds is 4. The molecule has 0 aromatic carbocycles. The van der Waals surface area contributed by atoms with Gasteiger partial charge in [-0.05, 0) is 24.7 Å². The molecule has 1 atom stereocenters. The van der Waals surface area contributed by atoms with E-state index in [1.54, 1.807) is 0 Å². The fraction of sp³-hybridized carbons (Fsp3) is 0.769. The van der Waals surface area contributed by atoms with E-state index < -0.39 is 0 Å². The molecule has 1 unspecified atom stereocenters. The minimum Gasteiger partial charge on any atom is -0.360 e. The van der Waals surface area contributed by atoms with Crippen molar-refractivity contribution in [2.24, 2.45) is 5.41 Å². The average Bonchev–Trinajstić information content (AvgIpc) is 2.81. The second-order valence-corrected chi connectivity index (χ2v) is 5.45. The average molecular weight is 222 g/mol. The molecule has 0 amide bonds. The number of nitrogens with zero attached hydrogens (tertiary/aromatic N) is 1. The molecule has 1 N–H and O–H groups in total. The zero-order valence-electron chi connectivity index (χ0n) is 10.5. The van der Waals surface area contributed by atoms with Crippen molar-refractivity contribution in [3.63, 3.8) is 0 Å². The summed E-state index contributed by atoms with van der Waals surface area (Å²) in [4.78, 5) is 0. The van der Waals surface area contributed by atoms with Crippen LogP contribution in [0.1, 0.15) is 51.5 Å². The molecule has 3 heteroatoms. The van der Waals surface area contributed by atoms with Crippen LogP contribution in [-0.4, -0.2) is 11.2 Å². The molecule has 0 spiro atoms. The Morgan fingerprint density at radius 1 is 1.56 bits per heavy atom. The van der Waals surface area contributed by atoms with Gasteiger partial charge in [0.1, 0.15) is 0 Å². The smallest absolute Gasteiger partial charge is 0.150 e. The fourth-order valence-electron chi connectivity index (χ4n) is 2.53. The number of nitrogens with one attached hydrogen (secondary N) is 1. The maximum Gasteiger partial charge on any atom is 0.150 e. The Morgan fingerprint density at radius 2 is 2.38 bits per heavy atom. The Labute approximate surface area is 97.6 Å². The maximum atomic E-state index is 5.27. The third kappa shape index (κ3) is 2.46. The molecule has 0 saturated heterocycles. The van der Waals surface area contributed by atoms with Crippen LogP contribution in [-0.2, 0) is 13.0 Å². The van der Waals surface area contributed by atoms with E-state index in [1.165, 1.54) is 19.3 Å². The van der Waals surface area contributed by atoms with Crippen LogP contribution in [0.15, 0.2) is 10.6 Å². The standard InChI is InChI=1S/C13H22N2O/c1-4-10-8-11(16-15-10)9-14-12-6-5-7-13(12,2)3/h8,12,14H,4-7,9H2,1-3H3. The fourth-order valence-corrected chi connectivity index (χ4v) is 2.53. The Kier molecular flexibility index (Phi) is 3.33. The third-order valence-corrected chi connectivity index (χ3v) is 3.75. The second kappa shape index (κ2) is 4.58. The first-order valence-electron chi connectivity index (χ1n) is 6.29. The molecule has 1 aromatic heterocycles. The molecular weight excluding hydrogens is 200 g/mol. The van der Waals surface area contributed by atoms with Crippen molar-refractivity contribution in [3.8, 4) is 0 Å². The lowest BCUT2D eigenvalue weighted by molar-refractivity contribution is 0.269. The number of hydrogen-bond acceptors (Lipinski definition) is 3. The van der Waals surface area contributed by atoms with Crippen molar-refractivity contribution >= 4 is 0 Å². The Bertz CT molecular complexity index is 343. The molecule has 1 aliphatic carbocycles. The molecule has 1 aromatic rings. The quantitative estimate of drug-likeness (QED) is 0.851. The van der Waals surface area contributed by atoms with Gasteiger partial charge in [-0.1, -0.05) is 32.3 Å². The van der Waals surface area contributed by atoms with E-state index in [0.29, 0.717) is 11.5 Å². The van der Waals surface area contributed by atoms with Crippen molar-refractivity contribution in [3.05, 3.63) is 17.5 Å². The van der Waals surface area contributed by atoms with Crippen LogP contribution in [0.3, 0.4) is 0 Å². The first kappa shape index (κ1) is 11.6. The Balaban J connectivity index is 1.87. The monoisotopic (exact) mass is 222 g/mol. The van der Waals surface area contributed by atoms with Crippen molar-refractivity contribution < 1.29 is 4.52 Å². The molecule has 1 saturated carbocycles. The zero-order chi connectivity index (χ0) is 11.6. The lowest BCUT2D eigenvalue weighted by atomic mass is 9.87. The first-order valence-corrected chi connectivity index (χ1v) is 6.29. The summed E-state index contributed by atoms with van der Waals surface area (Å²) in [5, 5.41) is 7.59. The van der Waals surface area contributed by atoms with Gasteiger partial charge < -0.3 is 9.84 Å². The predicted molar refractivity (Wildman–Crippen MR) is 64.1 cm³/mol. The van der Waals surface area contributed by atoms with Crippen molar-refractivity contribution in [2.75, 3.05) is 0 Å². The van der Waals surface area contributed by atoms with E-state index in [4.69, 9.17) is 4.52 Å².